The second-order valence-electron chi connectivity index (χ2n) is 3.34. The molecule has 2 rings (SSSR count). The third-order valence-corrected chi connectivity index (χ3v) is 3.59. The van der Waals surface area contributed by atoms with E-state index in [1.165, 1.54) is 0 Å². The van der Waals surface area contributed by atoms with Gasteiger partial charge in [0, 0.05) is 17.5 Å². The molecule has 0 heterocycles. The first kappa shape index (κ1) is 9.83. The fourth-order valence-electron chi connectivity index (χ4n) is 1.63. The van der Waals surface area contributed by atoms with Gasteiger partial charge in [0.15, 0.2) is 11.6 Å². The maximum atomic E-state index is 11.8. The molecule has 0 aromatic heterocycles. The van der Waals surface area contributed by atoms with Crippen LogP contribution in [0.15, 0.2) is 24.3 Å². The van der Waals surface area contributed by atoms with Crippen LogP contribution in [0.4, 0.5) is 0 Å². The van der Waals surface area contributed by atoms with E-state index in [1.807, 2.05) is 0 Å². The summed E-state index contributed by atoms with van der Waals surface area (Å²) in [5.41, 5.74) is 1.19. The van der Waals surface area contributed by atoms with E-state index in [0.29, 0.717) is 24.0 Å². The maximum absolute atomic E-state index is 11.8. The van der Waals surface area contributed by atoms with Crippen molar-refractivity contribution >= 4 is 34.2 Å². The number of benzene rings is 1. The highest BCUT2D eigenvalue weighted by Crippen LogP contribution is 2.24. The van der Waals surface area contributed by atoms with Crippen LogP contribution in [0.1, 0.15) is 33.6 Å². The van der Waals surface area contributed by atoms with Crippen molar-refractivity contribution in [2.45, 2.75) is 16.8 Å². The van der Waals surface area contributed by atoms with Crippen LogP contribution in [0.2, 0.25) is 0 Å². The molecule has 1 aromatic carbocycles. The second kappa shape index (κ2) is 3.81. The molecule has 0 N–H and O–H groups in total. The Morgan fingerprint density at radius 1 is 1.14 bits per heavy atom. The fourth-order valence-corrected chi connectivity index (χ4v) is 2.28. The standard InChI is InChI=1S/C11H9IO2/c12-9-5-6-10(13)7-3-1-2-4-8(7)11(9)14/h1-4,9H,5-6H2. The van der Waals surface area contributed by atoms with Crippen LogP contribution in [0.25, 0.3) is 0 Å². The number of hydrogen-bond donors (Lipinski definition) is 0. The van der Waals surface area contributed by atoms with Gasteiger partial charge in [-0.3, -0.25) is 9.59 Å². The number of alkyl halides is 1. The molecule has 1 atom stereocenters. The molecule has 72 valence electrons. The molecule has 0 aliphatic heterocycles. The largest absolute Gasteiger partial charge is 0.294 e. The van der Waals surface area contributed by atoms with Crippen LogP contribution in [-0.4, -0.2) is 15.5 Å². The maximum Gasteiger partial charge on any atom is 0.176 e. The number of ketones is 2. The zero-order valence-corrected chi connectivity index (χ0v) is 9.65. The topological polar surface area (TPSA) is 34.1 Å². The number of halogens is 1. The van der Waals surface area contributed by atoms with Gasteiger partial charge < -0.3 is 0 Å². The van der Waals surface area contributed by atoms with Crippen molar-refractivity contribution in [1.82, 2.24) is 0 Å². The molecule has 14 heavy (non-hydrogen) atoms. The van der Waals surface area contributed by atoms with Crippen molar-refractivity contribution in [3.63, 3.8) is 0 Å². The highest BCUT2D eigenvalue weighted by atomic mass is 127. The zero-order chi connectivity index (χ0) is 10.1. The van der Waals surface area contributed by atoms with Gasteiger partial charge in [-0.2, -0.15) is 0 Å². The van der Waals surface area contributed by atoms with Crippen molar-refractivity contribution in [1.29, 1.82) is 0 Å². The van der Waals surface area contributed by atoms with Crippen LogP contribution in [0.5, 0.6) is 0 Å². The first-order valence-corrected chi connectivity index (χ1v) is 5.75. The number of carbonyl (C=O) groups excluding carboxylic acids is 2. The number of rotatable bonds is 0. The minimum absolute atomic E-state index is 0.0554. The Labute approximate surface area is 95.8 Å². The number of fused-ring (bicyclic) bond motifs is 1. The van der Waals surface area contributed by atoms with Crippen molar-refractivity contribution in [2.75, 3.05) is 0 Å². The summed E-state index contributed by atoms with van der Waals surface area (Å²) in [6.45, 7) is 0. The minimum Gasteiger partial charge on any atom is -0.294 e. The number of carbonyl (C=O) groups is 2. The van der Waals surface area contributed by atoms with Crippen molar-refractivity contribution in [3.05, 3.63) is 35.4 Å². The SMILES string of the molecule is O=C1CCC(I)C(=O)c2ccccc21. The van der Waals surface area contributed by atoms with E-state index < -0.39 is 0 Å². The van der Waals surface area contributed by atoms with Crippen molar-refractivity contribution < 1.29 is 9.59 Å². The third kappa shape index (κ3) is 1.61. The average Bonchev–Trinajstić information content (AvgIpc) is 2.33. The van der Waals surface area contributed by atoms with Gasteiger partial charge in [-0.05, 0) is 6.42 Å². The molecule has 0 radical (unpaired) electrons. The Kier molecular flexibility index (Phi) is 2.67. The molecule has 1 aliphatic carbocycles. The monoisotopic (exact) mass is 300 g/mol. The molecule has 1 aliphatic rings. The second-order valence-corrected chi connectivity index (χ2v) is 4.84. The van der Waals surface area contributed by atoms with Crippen molar-refractivity contribution in [3.8, 4) is 0 Å². The molecule has 0 spiro atoms. The van der Waals surface area contributed by atoms with E-state index >= 15 is 0 Å². The van der Waals surface area contributed by atoms with Gasteiger partial charge in [-0.1, -0.05) is 46.9 Å². The molecule has 1 aromatic rings. The van der Waals surface area contributed by atoms with Crippen LogP contribution in [0.3, 0.4) is 0 Å². The van der Waals surface area contributed by atoms with Gasteiger partial charge in [-0.25, -0.2) is 0 Å². The summed E-state index contributed by atoms with van der Waals surface area (Å²) in [4.78, 5) is 23.5. The Hall–Kier alpha value is -0.710. The van der Waals surface area contributed by atoms with E-state index in [-0.39, 0.29) is 15.5 Å². The lowest BCUT2D eigenvalue weighted by Crippen LogP contribution is -2.12. The summed E-state index contributed by atoms with van der Waals surface area (Å²) in [6, 6.07) is 7.09. The van der Waals surface area contributed by atoms with Gasteiger partial charge in [0.1, 0.15) is 0 Å². The minimum atomic E-state index is -0.0554. The summed E-state index contributed by atoms with van der Waals surface area (Å²) >= 11 is 2.11. The third-order valence-electron chi connectivity index (χ3n) is 2.40. The predicted molar refractivity (Wildman–Crippen MR) is 62.1 cm³/mol. The van der Waals surface area contributed by atoms with Gasteiger partial charge in [-0.15, -0.1) is 0 Å². The molecule has 0 fully saturated rings. The Morgan fingerprint density at radius 2 is 1.79 bits per heavy atom. The number of Topliss-reactive ketones (excluding diaryl/α,β-unsaturated/α-hetero) is 2. The first-order valence-electron chi connectivity index (χ1n) is 4.50. The lowest BCUT2D eigenvalue weighted by Gasteiger charge is -2.04. The quantitative estimate of drug-likeness (QED) is 0.419. The van der Waals surface area contributed by atoms with Crippen LogP contribution in [0, 0.1) is 0 Å². The molecule has 0 amide bonds. The summed E-state index contributed by atoms with van der Waals surface area (Å²) < 4.78 is -0.0554. The van der Waals surface area contributed by atoms with E-state index in [2.05, 4.69) is 22.6 Å². The van der Waals surface area contributed by atoms with E-state index in [1.54, 1.807) is 24.3 Å². The molecule has 3 heteroatoms. The molecule has 2 nitrogen and oxygen atoms in total. The van der Waals surface area contributed by atoms with Gasteiger partial charge in [0.2, 0.25) is 0 Å². The highest BCUT2D eigenvalue weighted by Gasteiger charge is 2.26. The fraction of sp³-hybridized carbons (Fsp3) is 0.273. The summed E-state index contributed by atoms with van der Waals surface area (Å²) in [5.74, 6) is 0.181. The Morgan fingerprint density at radius 3 is 2.50 bits per heavy atom. The van der Waals surface area contributed by atoms with Gasteiger partial charge >= 0.3 is 0 Å². The predicted octanol–water partition coefficient (Wildman–Crippen LogP) is 2.65. The van der Waals surface area contributed by atoms with Crippen LogP contribution < -0.4 is 0 Å². The normalized spacial score (nSPS) is 21.6. The lowest BCUT2D eigenvalue weighted by atomic mass is 10.0. The van der Waals surface area contributed by atoms with E-state index in [4.69, 9.17) is 0 Å². The van der Waals surface area contributed by atoms with Crippen molar-refractivity contribution in [2.24, 2.45) is 0 Å². The molecular formula is C11H9IO2. The Bertz CT molecular complexity index is 398. The lowest BCUT2D eigenvalue weighted by molar-refractivity contribution is 0.0981. The molecule has 0 saturated heterocycles. The average molecular weight is 300 g/mol. The van der Waals surface area contributed by atoms with E-state index in [9.17, 15) is 9.59 Å². The smallest absolute Gasteiger partial charge is 0.176 e. The molecule has 0 saturated carbocycles. The van der Waals surface area contributed by atoms with Gasteiger partial charge in [0.05, 0.1) is 3.92 Å². The number of hydrogen-bond acceptors (Lipinski definition) is 2. The first-order chi connectivity index (χ1) is 6.70. The highest BCUT2D eigenvalue weighted by molar-refractivity contribution is 14.1. The molecule has 1 unspecified atom stereocenters. The Balaban J connectivity index is 2.57. The molecule has 0 bridgehead atoms. The summed E-state index contributed by atoms with van der Waals surface area (Å²) in [6.07, 6.45) is 1.14. The van der Waals surface area contributed by atoms with Crippen LogP contribution in [-0.2, 0) is 0 Å². The van der Waals surface area contributed by atoms with Gasteiger partial charge in [0.25, 0.3) is 0 Å². The summed E-state index contributed by atoms with van der Waals surface area (Å²) in [7, 11) is 0. The zero-order valence-electron chi connectivity index (χ0n) is 7.50. The summed E-state index contributed by atoms with van der Waals surface area (Å²) in [5, 5.41) is 0. The van der Waals surface area contributed by atoms with E-state index in [0.717, 1.165) is 0 Å². The van der Waals surface area contributed by atoms with Crippen LogP contribution >= 0.6 is 22.6 Å². The molecular weight excluding hydrogens is 291 g/mol.